The van der Waals surface area contributed by atoms with E-state index in [2.05, 4.69) is 80.1 Å². The molecule has 0 saturated heterocycles. The Morgan fingerprint density at radius 2 is 0.905 bits per heavy atom. The van der Waals surface area contributed by atoms with Crippen molar-refractivity contribution in [3.63, 3.8) is 0 Å². The van der Waals surface area contributed by atoms with Crippen LogP contribution in [0.3, 0.4) is 0 Å². The minimum absolute atomic E-state index is 0. The summed E-state index contributed by atoms with van der Waals surface area (Å²) in [6, 6.07) is 31.3. The first-order valence-corrected chi connectivity index (χ1v) is 86.9. The summed E-state index contributed by atoms with van der Waals surface area (Å²) in [4.78, 5) is 91.0. The van der Waals surface area contributed by atoms with E-state index in [0.717, 1.165) is 166 Å². The number of nitrogens with one attached hydrogen (secondary N) is 1. The first-order chi connectivity index (χ1) is 53.9. The number of amides is 4. The van der Waals surface area contributed by atoms with Gasteiger partial charge in [0.25, 0.3) is 0 Å². The first kappa shape index (κ1) is 109. The Bertz CT molecular complexity index is 5040. The van der Waals surface area contributed by atoms with Gasteiger partial charge in [-0.25, -0.2) is 44.7 Å². The maximum atomic E-state index is 12.0. The van der Waals surface area contributed by atoms with E-state index < -0.39 is 33.4 Å². The summed E-state index contributed by atoms with van der Waals surface area (Å²) in [6.07, 6.45) is 28.6. The molecule has 0 atom stereocenters. The van der Waals surface area contributed by atoms with E-state index >= 15 is 0 Å². The van der Waals surface area contributed by atoms with E-state index in [0.29, 0.717) is 23.0 Å². The number of carbonyl (C=O) groups excluding carboxylic acids is 5. The second-order valence-electron chi connectivity index (χ2n) is 27.5. The predicted octanol–water partition coefficient (Wildman–Crippen LogP) is 11.6. The number of nitrogen functional groups attached to an aromatic ring is 1. The molecule has 582 valence electrons. The van der Waals surface area contributed by atoms with Gasteiger partial charge in [0.15, 0.2) is 0 Å². The number of benzene rings is 4. The number of aromatic nitrogens is 12. The molecule has 116 heavy (non-hydrogen) atoms. The third-order valence-corrected chi connectivity index (χ3v) is 19.6. The molecule has 0 aliphatic heterocycles. The van der Waals surface area contributed by atoms with Gasteiger partial charge in [0, 0.05) is 71.0 Å². The van der Waals surface area contributed by atoms with Gasteiger partial charge in [-0.15, -0.1) is 6.42 Å². The number of aryl methyl sites for hydroxylation is 8. The summed E-state index contributed by atoms with van der Waals surface area (Å²) in [6.45, 7) is 13.1. The standard InChI is InChI=1S/C21H23N5O.C17H18ClN3O.C17H14ClN3O.C12H11NO.C8H13N3O2.C5H4Cl2N2.3CH4.6K/c1-14-11-23-19(10-15-12-24-25-13-15)26-18(14)7-6-16-4-2-3-5-17(16)21(8-9-21)20(22)27;2*1-11-10-20-16(18)21-14(11)7-6-12-4-2-3-5-13(12)17(8-9-17)15(19)22;1-2-9-5-3-4-6-10(9)12(7-8-12)11(13)14;1-8(2,3)13-7(12)11-5-6(9)4-10-11;1-3-2-8-5(7)9-4(3)6;;;;;;;;;/h2-5,11-13H,6-10H2,1H3,(H2,22,27)(H,24,25);2-5,10H,6-9H2,1H3,(H2,19,22);2-5,10H,8-9H2,1H3,(H2,19,22);1,3-6H,7-8H2,(H2,13,14);4-5H,9H2,1-3H3;2H,1H3;3*1H4;;;;;;. The number of primary amides is 4. The molecular weight excluding hydrogens is 1710 g/mol. The molecule has 0 bridgehead atoms. The molecule has 4 fully saturated rings. The van der Waals surface area contributed by atoms with Crippen LogP contribution < -0.4 is 28.7 Å². The third kappa shape index (κ3) is 32.4. The second kappa shape index (κ2) is 53.4. The number of rotatable bonds is 16. The Morgan fingerprint density at radius 3 is 1.32 bits per heavy atom. The van der Waals surface area contributed by atoms with Crippen LogP contribution in [0.2, 0.25) is 21.0 Å². The Balaban J connectivity index is 0.000000363. The number of anilines is 1. The summed E-state index contributed by atoms with van der Waals surface area (Å²) < 4.78 is 6.11. The van der Waals surface area contributed by atoms with Crippen molar-refractivity contribution in [2.45, 2.75) is 181 Å². The van der Waals surface area contributed by atoms with Gasteiger partial charge in [0.2, 0.25) is 39.5 Å². The number of halogens is 4. The van der Waals surface area contributed by atoms with Crippen molar-refractivity contribution in [2.75, 3.05) is 5.73 Å². The van der Waals surface area contributed by atoms with Crippen LogP contribution in [-0.4, -0.2) is 285 Å². The molecule has 6 aromatic heterocycles. The summed E-state index contributed by atoms with van der Waals surface area (Å²) in [5.74, 6) is 8.50. The molecular formula is C83H95Cl4K6N17O6. The SMILES string of the molecule is C.C.C.C#Cc1ccccc1C1(C(N)=O)CC1.CC(C)(C)OC(=O)n1cc(N)cn1.Cc1cnc(Cc2cn[nH]c2)nc1CCc1ccccc1C1(C(N)=O)CC1.Cc1cnc(Cl)nc1C#Cc1ccccc1C1(C(N)=O)CC1.Cc1cnc(Cl)nc1CCc1ccccc1C1(C(N)=O)CC1.Cc1cnc(Cl)nc1Cl.[K][K].[K][K].[K][K]. The van der Waals surface area contributed by atoms with Crippen molar-refractivity contribution in [1.29, 1.82) is 0 Å². The van der Waals surface area contributed by atoms with Crippen molar-refractivity contribution < 1.29 is 28.7 Å². The Kier molecular flexibility index (Phi) is 50.2. The van der Waals surface area contributed by atoms with Crippen molar-refractivity contribution in [1.82, 2.24) is 59.8 Å². The Morgan fingerprint density at radius 1 is 0.509 bits per heavy atom. The summed E-state index contributed by atoms with van der Waals surface area (Å²) >= 11 is 30.2. The van der Waals surface area contributed by atoms with Crippen molar-refractivity contribution in [3.05, 3.63) is 263 Å². The Labute approximate surface area is 838 Å². The number of aromatic amines is 1. The molecule has 4 aromatic carbocycles. The monoisotopic (exact) mass is 1800 g/mol. The van der Waals surface area contributed by atoms with Crippen LogP contribution in [0.5, 0.6) is 0 Å². The molecule has 14 rings (SSSR count). The van der Waals surface area contributed by atoms with E-state index in [1.54, 1.807) is 45.6 Å². The maximum absolute atomic E-state index is 12.0. The average Bonchev–Trinajstić information content (AvgIpc) is 1.61. The Hall–Kier alpha value is -1.13. The molecule has 0 spiro atoms. The number of terminal acetylenes is 1. The number of nitrogens with zero attached hydrogens (tertiary/aromatic N) is 11. The van der Waals surface area contributed by atoms with E-state index in [9.17, 15) is 24.0 Å². The van der Waals surface area contributed by atoms with Gasteiger partial charge in [-0.2, -0.15) is 14.9 Å². The zero-order valence-corrected chi connectivity index (χ0v) is 88.2. The molecule has 10 aromatic rings. The topological polar surface area (TPSA) is 374 Å². The van der Waals surface area contributed by atoms with Gasteiger partial charge in [0.05, 0.1) is 45.9 Å². The molecule has 4 aliphatic rings. The molecule has 33 heteroatoms. The van der Waals surface area contributed by atoms with Gasteiger partial charge < -0.3 is 33.4 Å². The average molecular weight is 1800 g/mol. The van der Waals surface area contributed by atoms with Crippen molar-refractivity contribution in [3.8, 4) is 24.2 Å². The van der Waals surface area contributed by atoms with Crippen LogP contribution in [0, 0.1) is 51.9 Å². The van der Waals surface area contributed by atoms with Crippen molar-refractivity contribution in [2.24, 2.45) is 22.9 Å². The number of ether oxygens (including phenoxy) is 1. The molecule has 0 unspecified atom stereocenters. The van der Waals surface area contributed by atoms with Crippen LogP contribution in [0.4, 0.5) is 10.5 Å². The molecule has 4 aliphatic carbocycles. The van der Waals surface area contributed by atoms with Crippen molar-refractivity contribution >= 4 is 271 Å². The summed E-state index contributed by atoms with van der Waals surface area (Å²) in [7, 11) is 0. The number of carbonyl (C=O) groups is 5. The van der Waals surface area contributed by atoms with E-state index in [4.69, 9.17) is 91.2 Å². The zero-order valence-electron chi connectivity index (χ0n) is 66.4. The predicted molar refractivity (Wildman–Crippen MR) is 466 cm³/mol. The fraction of sp³-hybridized carbons (Fsp3) is 0.337. The second-order valence-corrected chi connectivity index (χ2v) is 28.9. The summed E-state index contributed by atoms with van der Waals surface area (Å²) in [5, 5.41) is 11.5. The normalized spacial score (nSPS) is 13.5. The molecule has 23 nitrogen and oxygen atoms in total. The molecule has 11 N–H and O–H groups in total. The molecule has 4 amide bonds. The van der Waals surface area contributed by atoms with Crippen LogP contribution in [0.25, 0.3) is 0 Å². The molecule has 4 saturated carbocycles. The van der Waals surface area contributed by atoms with Crippen LogP contribution >= 0.6 is 46.4 Å². The number of H-pyrrole nitrogens is 1. The number of hydrogen-bond donors (Lipinski definition) is 6. The molecule has 0 radical (unpaired) electrons. The van der Waals surface area contributed by atoms with Gasteiger partial charge in [-0.3, -0.25) is 24.3 Å². The van der Waals surface area contributed by atoms with E-state index in [1.165, 1.54) is 207 Å². The van der Waals surface area contributed by atoms with Crippen LogP contribution in [0.15, 0.2) is 147 Å². The molecule has 6 heterocycles. The first-order valence-electron chi connectivity index (χ1n) is 37.4. The van der Waals surface area contributed by atoms with Gasteiger partial charge in [-0.05, 0) is 228 Å². The third-order valence-electron chi connectivity index (χ3n) is 18.7. The number of hydrogen-bond acceptors (Lipinski definition) is 17. The minimum atomic E-state index is -0.552. The fourth-order valence-electron chi connectivity index (χ4n) is 12.0. The van der Waals surface area contributed by atoms with E-state index in [1.807, 2.05) is 125 Å². The van der Waals surface area contributed by atoms with Crippen LogP contribution in [-0.2, 0) is 77.7 Å². The van der Waals surface area contributed by atoms with Crippen LogP contribution in [0.1, 0.15) is 190 Å². The van der Waals surface area contributed by atoms with Gasteiger partial charge in [-0.1, -0.05) is 131 Å². The quantitative estimate of drug-likeness (QED) is 0.0226. The number of nitrogens with two attached hydrogens (primary N) is 5. The zero-order chi connectivity index (χ0) is 83.4. The van der Waals surface area contributed by atoms with Gasteiger partial charge in [0.1, 0.15) is 22.3 Å². The van der Waals surface area contributed by atoms with E-state index in [-0.39, 0.29) is 61.8 Å². The fourth-order valence-corrected chi connectivity index (χ4v) is 12.6. The van der Waals surface area contributed by atoms with Gasteiger partial charge >= 0.3 is 196 Å². The summed E-state index contributed by atoms with van der Waals surface area (Å²) in [5.41, 5.74) is 40.9.